The molecule has 4 aromatic rings. The molecule has 1 fully saturated rings. The van der Waals surface area contributed by atoms with Crippen molar-refractivity contribution in [1.82, 2.24) is 5.32 Å². The van der Waals surface area contributed by atoms with Crippen LogP contribution in [0.25, 0.3) is 10.8 Å². The van der Waals surface area contributed by atoms with Crippen LogP contribution in [-0.4, -0.2) is 30.7 Å². The van der Waals surface area contributed by atoms with Gasteiger partial charge in [0, 0.05) is 37.3 Å². The zero-order chi connectivity index (χ0) is 25.5. The molecule has 3 atom stereocenters. The number of benzene rings is 4. The van der Waals surface area contributed by atoms with Gasteiger partial charge in [0.15, 0.2) is 0 Å². The summed E-state index contributed by atoms with van der Waals surface area (Å²) < 4.78 is 0. The molecule has 0 spiro atoms. The zero-order valence-electron chi connectivity index (χ0n) is 21.4. The summed E-state index contributed by atoms with van der Waals surface area (Å²) in [6, 6.07) is 33.3. The Morgan fingerprint density at radius 3 is 2.28 bits per heavy atom. The Morgan fingerprint density at radius 2 is 1.56 bits per heavy atom. The third-order valence-corrected chi connectivity index (χ3v) is 7.12. The first-order valence-electron chi connectivity index (χ1n) is 12.9. The van der Waals surface area contributed by atoms with Crippen molar-refractivity contribution in [2.24, 2.45) is 5.92 Å². The SMILES string of the molecule is CC.C[C@@H](NC[C@H]1CN(c2ccc(C(=O)O)cc2)C[C@@H]1c1ccccc1)c1cccc2ccccc12. The van der Waals surface area contributed by atoms with Crippen molar-refractivity contribution in [1.29, 1.82) is 0 Å². The summed E-state index contributed by atoms with van der Waals surface area (Å²) in [4.78, 5) is 13.6. The molecule has 0 radical (unpaired) electrons. The van der Waals surface area contributed by atoms with Crippen LogP contribution in [0.1, 0.15) is 54.2 Å². The monoisotopic (exact) mass is 480 g/mol. The average Bonchev–Trinajstić information content (AvgIpc) is 3.37. The van der Waals surface area contributed by atoms with Crippen LogP contribution in [0.4, 0.5) is 5.69 Å². The lowest BCUT2D eigenvalue weighted by molar-refractivity contribution is 0.0697. The van der Waals surface area contributed by atoms with Crippen LogP contribution in [-0.2, 0) is 0 Å². The number of nitrogens with one attached hydrogen (secondary N) is 1. The van der Waals surface area contributed by atoms with Gasteiger partial charge in [-0.1, -0.05) is 86.6 Å². The van der Waals surface area contributed by atoms with Gasteiger partial charge in [-0.05, 0) is 59.0 Å². The second-order valence-electron chi connectivity index (χ2n) is 9.23. The minimum atomic E-state index is -0.889. The maximum atomic E-state index is 11.2. The molecule has 5 rings (SSSR count). The van der Waals surface area contributed by atoms with Gasteiger partial charge >= 0.3 is 5.97 Å². The Balaban J connectivity index is 0.00000148. The quantitative estimate of drug-likeness (QED) is 0.295. The van der Waals surface area contributed by atoms with E-state index in [1.54, 1.807) is 12.1 Å². The van der Waals surface area contributed by atoms with Crippen molar-refractivity contribution in [3.05, 3.63) is 114 Å². The Hall–Kier alpha value is -3.63. The molecule has 0 bridgehead atoms. The van der Waals surface area contributed by atoms with E-state index in [0.717, 1.165) is 25.3 Å². The standard InChI is InChI=1S/C30H30N2O2.C2H6/c1-21(27-13-7-11-22-10-5-6-12-28(22)27)31-18-25-19-32(20-29(25)23-8-3-2-4-9-23)26-16-14-24(15-17-26)30(33)34;1-2/h2-17,21,25,29,31H,18-20H2,1H3,(H,33,34);1-2H3/t21-,25+,29-;/m1./s1. The molecular weight excluding hydrogens is 444 g/mol. The van der Waals surface area contributed by atoms with E-state index >= 15 is 0 Å². The smallest absolute Gasteiger partial charge is 0.335 e. The first-order valence-corrected chi connectivity index (χ1v) is 12.9. The summed E-state index contributed by atoms with van der Waals surface area (Å²) in [6.07, 6.45) is 0. The second kappa shape index (κ2) is 11.9. The van der Waals surface area contributed by atoms with Gasteiger partial charge in [0.2, 0.25) is 0 Å². The van der Waals surface area contributed by atoms with Gasteiger partial charge in [-0.15, -0.1) is 0 Å². The van der Waals surface area contributed by atoms with E-state index in [1.165, 1.54) is 21.9 Å². The maximum absolute atomic E-state index is 11.2. The van der Waals surface area contributed by atoms with Crippen molar-refractivity contribution >= 4 is 22.4 Å². The molecule has 0 amide bonds. The fourth-order valence-electron chi connectivity index (χ4n) is 5.25. The van der Waals surface area contributed by atoms with Gasteiger partial charge < -0.3 is 15.3 Å². The molecule has 4 aromatic carbocycles. The molecular formula is C32H36N2O2. The number of anilines is 1. The molecule has 4 heteroatoms. The van der Waals surface area contributed by atoms with Crippen molar-refractivity contribution in [3.8, 4) is 0 Å². The predicted molar refractivity (Wildman–Crippen MR) is 150 cm³/mol. The Labute approximate surface area is 214 Å². The first kappa shape index (κ1) is 25.5. The van der Waals surface area contributed by atoms with Crippen molar-refractivity contribution < 1.29 is 9.90 Å². The topological polar surface area (TPSA) is 52.6 Å². The molecule has 0 unspecified atom stereocenters. The molecule has 1 aliphatic rings. The largest absolute Gasteiger partial charge is 0.478 e. The van der Waals surface area contributed by atoms with Crippen LogP contribution in [0.5, 0.6) is 0 Å². The summed E-state index contributed by atoms with van der Waals surface area (Å²) in [6.45, 7) is 9.01. The Bertz CT molecular complexity index is 1270. The number of fused-ring (bicyclic) bond motifs is 1. The third kappa shape index (κ3) is 5.60. The molecule has 2 N–H and O–H groups in total. The highest BCUT2D eigenvalue weighted by atomic mass is 16.4. The highest BCUT2D eigenvalue weighted by Gasteiger charge is 2.34. The summed E-state index contributed by atoms with van der Waals surface area (Å²) in [5.41, 5.74) is 4.09. The van der Waals surface area contributed by atoms with Crippen LogP contribution in [0.2, 0.25) is 0 Å². The molecule has 1 heterocycles. The summed E-state index contributed by atoms with van der Waals surface area (Å²) in [5.74, 6) is -0.0359. The summed E-state index contributed by atoms with van der Waals surface area (Å²) in [5, 5.41) is 15.6. The molecule has 0 aromatic heterocycles. The molecule has 0 saturated carbocycles. The first-order chi connectivity index (χ1) is 17.6. The highest BCUT2D eigenvalue weighted by Crippen LogP contribution is 2.36. The van der Waals surface area contributed by atoms with E-state index in [2.05, 4.69) is 89.9 Å². The molecule has 1 saturated heterocycles. The minimum Gasteiger partial charge on any atom is -0.478 e. The van der Waals surface area contributed by atoms with Gasteiger partial charge in [0.25, 0.3) is 0 Å². The average molecular weight is 481 g/mol. The van der Waals surface area contributed by atoms with Crippen LogP contribution < -0.4 is 10.2 Å². The number of carboxylic acid groups (broad SMARTS) is 1. The molecule has 4 nitrogen and oxygen atoms in total. The maximum Gasteiger partial charge on any atom is 0.335 e. The summed E-state index contributed by atoms with van der Waals surface area (Å²) in [7, 11) is 0. The second-order valence-corrected chi connectivity index (χ2v) is 9.23. The van der Waals surface area contributed by atoms with Crippen LogP contribution in [0.3, 0.4) is 0 Å². The van der Waals surface area contributed by atoms with Crippen LogP contribution >= 0.6 is 0 Å². The van der Waals surface area contributed by atoms with E-state index < -0.39 is 5.97 Å². The molecule has 0 aliphatic carbocycles. The molecule has 36 heavy (non-hydrogen) atoms. The fourth-order valence-corrected chi connectivity index (χ4v) is 5.25. The number of nitrogens with zero attached hydrogens (tertiary/aromatic N) is 1. The number of hydrogen-bond acceptors (Lipinski definition) is 3. The highest BCUT2D eigenvalue weighted by molar-refractivity contribution is 5.88. The zero-order valence-corrected chi connectivity index (χ0v) is 21.4. The Morgan fingerprint density at radius 1 is 0.889 bits per heavy atom. The predicted octanol–water partition coefficient (Wildman–Crippen LogP) is 7.14. The van der Waals surface area contributed by atoms with E-state index in [4.69, 9.17) is 0 Å². The number of rotatable bonds is 7. The van der Waals surface area contributed by atoms with Gasteiger partial charge in [-0.25, -0.2) is 4.79 Å². The molecule has 186 valence electrons. The fraction of sp³-hybridized carbons (Fsp3) is 0.281. The number of hydrogen-bond donors (Lipinski definition) is 2. The van der Waals surface area contributed by atoms with Gasteiger partial charge in [-0.2, -0.15) is 0 Å². The third-order valence-electron chi connectivity index (χ3n) is 7.12. The number of aromatic carboxylic acids is 1. The van der Waals surface area contributed by atoms with Crippen molar-refractivity contribution in [2.75, 3.05) is 24.5 Å². The number of carboxylic acids is 1. The van der Waals surface area contributed by atoms with E-state index in [-0.39, 0.29) is 6.04 Å². The van der Waals surface area contributed by atoms with Crippen molar-refractivity contribution in [3.63, 3.8) is 0 Å². The van der Waals surface area contributed by atoms with E-state index in [1.807, 2.05) is 26.0 Å². The lowest BCUT2D eigenvalue weighted by Gasteiger charge is -2.23. The lowest BCUT2D eigenvalue weighted by Crippen LogP contribution is -2.30. The normalized spacial score (nSPS) is 17.9. The van der Waals surface area contributed by atoms with Gasteiger partial charge in [-0.3, -0.25) is 0 Å². The Kier molecular flexibility index (Phi) is 8.40. The lowest BCUT2D eigenvalue weighted by atomic mass is 9.88. The molecule has 1 aliphatic heterocycles. The van der Waals surface area contributed by atoms with Gasteiger partial charge in [0.05, 0.1) is 5.56 Å². The van der Waals surface area contributed by atoms with Gasteiger partial charge in [0.1, 0.15) is 0 Å². The minimum absolute atomic E-state index is 0.242. The van der Waals surface area contributed by atoms with Crippen LogP contribution in [0, 0.1) is 5.92 Å². The number of carbonyl (C=O) groups is 1. The van der Waals surface area contributed by atoms with E-state index in [0.29, 0.717) is 17.4 Å². The summed E-state index contributed by atoms with van der Waals surface area (Å²) >= 11 is 0. The van der Waals surface area contributed by atoms with E-state index in [9.17, 15) is 9.90 Å². The van der Waals surface area contributed by atoms with Crippen molar-refractivity contribution in [2.45, 2.75) is 32.7 Å². The van der Waals surface area contributed by atoms with Crippen LogP contribution in [0.15, 0.2) is 97.1 Å².